The number of aliphatic hydroxyl groups is 1. The van der Waals surface area contributed by atoms with E-state index in [4.69, 9.17) is 14.6 Å². The fourth-order valence-corrected chi connectivity index (χ4v) is 4.08. The van der Waals surface area contributed by atoms with Crippen LogP contribution in [-0.4, -0.2) is 48.0 Å². The van der Waals surface area contributed by atoms with Crippen molar-refractivity contribution in [2.45, 2.75) is 20.8 Å². The lowest BCUT2D eigenvalue weighted by Crippen LogP contribution is -2.13. The van der Waals surface area contributed by atoms with Gasteiger partial charge < -0.3 is 19.9 Å². The molecule has 0 fully saturated rings. The van der Waals surface area contributed by atoms with E-state index in [9.17, 15) is 0 Å². The van der Waals surface area contributed by atoms with Crippen molar-refractivity contribution in [3.8, 4) is 16.9 Å². The van der Waals surface area contributed by atoms with Crippen molar-refractivity contribution in [2.75, 3.05) is 38.3 Å². The first-order chi connectivity index (χ1) is 13.1. The molecule has 0 saturated heterocycles. The van der Waals surface area contributed by atoms with E-state index in [1.165, 1.54) is 4.88 Å². The van der Waals surface area contributed by atoms with Crippen molar-refractivity contribution in [2.24, 2.45) is 0 Å². The minimum absolute atomic E-state index is 0.0302. The molecular formula is C20H25N3O3S. The van der Waals surface area contributed by atoms with Gasteiger partial charge in [0.25, 0.3) is 0 Å². The lowest BCUT2D eigenvalue weighted by molar-refractivity contribution is 0.0992. The first-order valence-electron chi connectivity index (χ1n) is 9.07. The highest BCUT2D eigenvalue weighted by molar-refractivity contribution is 7.19. The second-order valence-electron chi connectivity index (χ2n) is 6.05. The number of hydrogen-bond donors (Lipinski definition) is 2. The van der Waals surface area contributed by atoms with Crippen molar-refractivity contribution in [3.63, 3.8) is 0 Å². The number of aromatic nitrogens is 2. The quantitative estimate of drug-likeness (QED) is 0.544. The Morgan fingerprint density at radius 2 is 1.89 bits per heavy atom. The van der Waals surface area contributed by atoms with E-state index < -0.39 is 0 Å². The van der Waals surface area contributed by atoms with Crippen LogP contribution < -0.4 is 10.1 Å². The van der Waals surface area contributed by atoms with Crippen LogP contribution in [0.2, 0.25) is 0 Å². The van der Waals surface area contributed by atoms with Crippen LogP contribution in [-0.2, 0) is 4.74 Å². The van der Waals surface area contributed by atoms with E-state index in [0.29, 0.717) is 26.4 Å². The Balaban J connectivity index is 1.96. The third kappa shape index (κ3) is 4.55. The van der Waals surface area contributed by atoms with Crippen LogP contribution in [0.15, 0.2) is 24.3 Å². The van der Waals surface area contributed by atoms with Crippen LogP contribution in [0, 0.1) is 13.8 Å². The molecule has 1 aromatic carbocycles. The molecule has 0 bridgehead atoms. The van der Waals surface area contributed by atoms with E-state index >= 15 is 0 Å². The third-order valence-electron chi connectivity index (χ3n) is 4.07. The molecule has 2 aromatic heterocycles. The zero-order valence-electron chi connectivity index (χ0n) is 15.9. The number of benzene rings is 1. The molecule has 0 radical (unpaired) electrons. The summed E-state index contributed by atoms with van der Waals surface area (Å²) in [4.78, 5) is 11.4. The van der Waals surface area contributed by atoms with Crippen molar-refractivity contribution >= 4 is 27.4 Å². The maximum absolute atomic E-state index is 8.81. The van der Waals surface area contributed by atoms with Gasteiger partial charge in [0, 0.05) is 17.0 Å². The largest absolute Gasteiger partial charge is 0.494 e. The number of ether oxygens (including phenoxy) is 2. The molecular weight excluding hydrogens is 362 g/mol. The smallest absolute Gasteiger partial charge is 0.139 e. The normalized spacial score (nSPS) is 11.1. The molecule has 0 unspecified atom stereocenters. The minimum atomic E-state index is 0.0302. The molecule has 0 spiro atoms. The zero-order chi connectivity index (χ0) is 19.2. The number of nitrogens with zero attached hydrogens (tertiary/aromatic N) is 2. The number of hydrogen-bond acceptors (Lipinski definition) is 7. The summed E-state index contributed by atoms with van der Waals surface area (Å²) < 4.78 is 10.9. The molecule has 0 atom stereocenters. The highest BCUT2D eigenvalue weighted by atomic mass is 32.1. The minimum Gasteiger partial charge on any atom is -0.494 e. The van der Waals surface area contributed by atoms with Gasteiger partial charge in [0.15, 0.2) is 0 Å². The van der Waals surface area contributed by atoms with Gasteiger partial charge in [-0.2, -0.15) is 0 Å². The van der Waals surface area contributed by atoms with Crippen LogP contribution in [0.5, 0.6) is 5.75 Å². The van der Waals surface area contributed by atoms with E-state index in [-0.39, 0.29) is 6.61 Å². The molecule has 6 nitrogen and oxygen atoms in total. The molecule has 7 heteroatoms. The van der Waals surface area contributed by atoms with Gasteiger partial charge in [-0.25, -0.2) is 9.97 Å². The van der Waals surface area contributed by atoms with Crippen LogP contribution in [0.4, 0.5) is 5.82 Å². The molecule has 0 aliphatic rings. The summed E-state index contributed by atoms with van der Waals surface area (Å²) in [5, 5.41) is 13.2. The van der Waals surface area contributed by atoms with Crippen LogP contribution in [0.3, 0.4) is 0 Å². The fourth-order valence-electron chi connectivity index (χ4n) is 2.99. The van der Waals surface area contributed by atoms with Crippen LogP contribution >= 0.6 is 11.3 Å². The molecule has 0 amide bonds. The summed E-state index contributed by atoms with van der Waals surface area (Å²) in [6.45, 7) is 8.14. The predicted molar refractivity (Wildman–Crippen MR) is 110 cm³/mol. The summed E-state index contributed by atoms with van der Waals surface area (Å²) in [5.74, 6) is 2.42. The molecule has 0 aliphatic carbocycles. The van der Waals surface area contributed by atoms with Crippen molar-refractivity contribution in [3.05, 3.63) is 35.0 Å². The summed E-state index contributed by atoms with van der Waals surface area (Å²) in [7, 11) is 0. The number of fused-ring (bicyclic) bond motifs is 1. The molecule has 3 rings (SSSR count). The first kappa shape index (κ1) is 19.5. The molecule has 0 aliphatic heterocycles. The highest BCUT2D eigenvalue weighted by Crippen LogP contribution is 2.41. The maximum atomic E-state index is 8.81. The summed E-state index contributed by atoms with van der Waals surface area (Å²) in [6, 6.07) is 8.14. The number of anilines is 1. The monoisotopic (exact) mass is 387 g/mol. The SMILES string of the molecule is CCOc1ccc(-c2c(C)sc3nc(C)nc(NCCOCCO)c23)cc1. The second kappa shape index (κ2) is 9.12. The van der Waals surface area contributed by atoms with Crippen molar-refractivity contribution in [1.29, 1.82) is 0 Å². The highest BCUT2D eigenvalue weighted by Gasteiger charge is 2.17. The van der Waals surface area contributed by atoms with Gasteiger partial charge >= 0.3 is 0 Å². The van der Waals surface area contributed by atoms with Gasteiger partial charge in [-0.1, -0.05) is 12.1 Å². The molecule has 2 N–H and O–H groups in total. The number of aryl methyl sites for hydroxylation is 2. The van der Waals surface area contributed by atoms with E-state index in [0.717, 1.165) is 38.7 Å². The number of rotatable bonds is 9. The summed E-state index contributed by atoms with van der Waals surface area (Å²) in [5.41, 5.74) is 2.27. The molecule has 144 valence electrons. The second-order valence-corrected chi connectivity index (χ2v) is 7.26. The Bertz CT molecular complexity index is 894. The first-order valence-corrected chi connectivity index (χ1v) is 9.89. The van der Waals surface area contributed by atoms with Gasteiger partial charge in [0.05, 0.1) is 31.8 Å². The fraction of sp³-hybridized carbons (Fsp3) is 0.400. The van der Waals surface area contributed by atoms with E-state index in [2.05, 4.69) is 34.3 Å². The average Bonchev–Trinajstić information content (AvgIpc) is 2.98. The Labute approximate surface area is 163 Å². The van der Waals surface area contributed by atoms with Gasteiger partial charge in [0.2, 0.25) is 0 Å². The summed E-state index contributed by atoms with van der Waals surface area (Å²) in [6.07, 6.45) is 0. The Morgan fingerprint density at radius 3 is 2.59 bits per heavy atom. The number of thiophene rings is 1. The van der Waals surface area contributed by atoms with E-state index in [1.807, 2.05) is 26.0 Å². The Kier molecular flexibility index (Phi) is 6.60. The Morgan fingerprint density at radius 1 is 1.11 bits per heavy atom. The Hall–Kier alpha value is -2.22. The number of nitrogens with one attached hydrogen (secondary N) is 1. The van der Waals surface area contributed by atoms with Gasteiger partial charge in [-0.05, 0) is 38.5 Å². The van der Waals surface area contributed by atoms with Gasteiger partial charge in [-0.15, -0.1) is 11.3 Å². The average molecular weight is 388 g/mol. The van der Waals surface area contributed by atoms with Crippen molar-refractivity contribution < 1.29 is 14.6 Å². The maximum Gasteiger partial charge on any atom is 0.139 e. The molecule has 3 aromatic rings. The molecule has 0 saturated carbocycles. The lowest BCUT2D eigenvalue weighted by Gasteiger charge is -2.11. The van der Waals surface area contributed by atoms with Gasteiger partial charge in [-0.3, -0.25) is 0 Å². The van der Waals surface area contributed by atoms with Gasteiger partial charge in [0.1, 0.15) is 22.2 Å². The standard InChI is InChI=1S/C20H25N3O3S/c1-4-26-16-7-5-15(6-8-16)17-13(2)27-20-18(17)19(22-14(3)23-20)21-9-11-25-12-10-24/h5-8,24H,4,9-12H2,1-3H3,(H,21,22,23). The van der Waals surface area contributed by atoms with Crippen LogP contribution in [0.1, 0.15) is 17.6 Å². The summed E-state index contributed by atoms with van der Waals surface area (Å²) >= 11 is 1.68. The zero-order valence-corrected chi connectivity index (χ0v) is 16.7. The lowest BCUT2D eigenvalue weighted by atomic mass is 10.0. The number of aliphatic hydroxyl groups excluding tert-OH is 1. The predicted octanol–water partition coefficient (Wildman–Crippen LogP) is 3.79. The van der Waals surface area contributed by atoms with E-state index in [1.54, 1.807) is 11.3 Å². The topological polar surface area (TPSA) is 76.5 Å². The molecule has 2 heterocycles. The third-order valence-corrected chi connectivity index (χ3v) is 5.07. The van der Waals surface area contributed by atoms with Crippen molar-refractivity contribution in [1.82, 2.24) is 9.97 Å². The van der Waals surface area contributed by atoms with Crippen LogP contribution in [0.25, 0.3) is 21.3 Å². The molecule has 27 heavy (non-hydrogen) atoms.